The molecular formula is C117H191BrClN4O14P. The number of esters is 1. The van der Waals surface area contributed by atoms with E-state index in [1.807, 2.05) is 71.9 Å². The van der Waals surface area contributed by atoms with Crippen LogP contribution in [0.4, 0.5) is 14.4 Å². The van der Waals surface area contributed by atoms with Crippen LogP contribution in [0, 0.1) is 0 Å². The number of halogens is 2. The molecule has 782 valence electrons. The largest absolute Gasteiger partial charge is 0.147 e. The van der Waals surface area contributed by atoms with E-state index in [-0.39, 0.29) is 64.7 Å². The van der Waals surface area contributed by atoms with E-state index in [1.54, 1.807) is 40.7 Å². The molecule has 2 unspecified atom stereocenters. The van der Waals surface area contributed by atoms with E-state index in [1.165, 1.54) is 50.7 Å². The molecule has 138 heavy (non-hydrogen) atoms. The Labute approximate surface area is 852 Å². The quantitative estimate of drug-likeness (QED) is 0.00742. The molecule has 0 aliphatic rings. The van der Waals surface area contributed by atoms with Gasteiger partial charge < -0.3 is 66.2 Å². The normalized spacial score (nSPS) is 12.1. The minimum atomic E-state index is -2.56. The Morgan fingerprint density at radius 3 is 0.942 bits per heavy atom. The molecular weight excluding hydrogens is 1830 g/mol. The standard InChI is InChI=1S/C24H41NO3.C24H39NO3.C23H37NO4.C19H18BrP.C19H33NO.C4H8O2.C2H6O.2CH4.ClH/c2*1-7-14-24(27,15-8-2)16-12-20-10-9-11-21(18-20)19(3)13-17-25-22(26)28-23(4,5)6;1-6-13-23(27,14-7-2)15-11-18-9-8-10-19(17-18)20(25)12-16-24-21(26)28-22(3,4)5;1-21(20,17-11-5-2-6-12-17,18-13-7-3-8-14-18)19-15-9-4-10-16-19;1-4-11-19(21,12-5-2)13-9-17-7-6-8-18(15-17)16(3)10-14-20;1-3-6-4(2)5;1-2-3;;;/h9-11,18-19,27H,7-8,12-17H2,1-6H3,(H,25,26);9-11,18,27H,3,7-8,12-17H2,1-2,4-6H3,(H,25,26);8-10,17,27H,6-7,11-16H2,1-5H3,(H,24,26);2-16H,1H3;6-8,15-16,21H,4-5,9-14,20H2,1-3H3;3H2,1-2H3;3H,2H2,1H3;2*1H4;1H. The molecule has 7 rings (SSSR count). The van der Waals surface area contributed by atoms with Crippen LogP contribution >= 0.6 is 33.2 Å². The van der Waals surface area contributed by atoms with Crippen LogP contribution in [0.3, 0.4) is 0 Å². The first-order valence-electron chi connectivity index (χ1n) is 50.3. The molecule has 7 aromatic rings. The molecule has 0 saturated heterocycles. The number of nitrogens with one attached hydrogen (secondary N) is 3. The van der Waals surface area contributed by atoms with Crippen molar-refractivity contribution < 1.29 is 68.5 Å². The van der Waals surface area contributed by atoms with Gasteiger partial charge in [0.2, 0.25) is 0 Å². The summed E-state index contributed by atoms with van der Waals surface area (Å²) in [5, 5.41) is 60.4. The Balaban J connectivity index is -0.00000161. The van der Waals surface area contributed by atoms with Crippen molar-refractivity contribution >= 4 is 84.7 Å². The molecule has 0 bridgehead atoms. The van der Waals surface area contributed by atoms with Gasteiger partial charge in [-0.05, 0) is 267 Å². The summed E-state index contributed by atoms with van der Waals surface area (Å²) in [6, 6.07) is 65.6. The number of alkyl carbamates (subject to hydrolysis) is 3. The van der Waals surface area contributed by atoms with E-state index in [0.29, 0.717) is 49.9 Å². The Morgan fingerprint density at radius 2 is 0.667 bits per heavy atom. The first-order chi connectivity index (χ1) is 63.6. The van der Waals surface area contributed by atoms with Crippen LogP contribution in [0.1, 0.15) is 382 Å². The number of hydrogen-bond acceptors (Lipinski definition) is 15. The van der Waals surface area contributed by atoms with Crippen LogP contribution in [0.2, 0.25) is 0 Å². The number of Topliss-reactive ketones (excluding diaryl/α,β-unsaturated/α-hetero) is 1. The number of carbonyl (C=O) groups is 5. The number of nitrogens with two attached hydrogens (primary N) is 1. The van der Waals surface area contributed by atoms with Crippen molar-refractivity contribution in [3.8, 4) is 0 Å². The number of hydrogen-bond donors (Lipinski definition) is 9. The molecule has 7 aromatic carbocycles. The van der Waals surface area contributed by atoms with E-state index in [9.17, 15) is 44.4 Å². The maximum Gasteiger partial charge on any atom is -0.147 e. The van der Waals surface area contributed by atoms with Crippen molar-refractivity contribution in [3.63, 3.8) is 0 Å². The third kappa shape index (κ3) is 56.7. The molecule has 2 atom stereocenters. The molecule has 0 heterocycles. The molecule has 0 aromatic heterocycles. The summed E-state index contributed by atoms with van der Waals surface area (Å²) in [5.74, 6) is 0.632. The number of benzene rings is 7. The van der Waals surface area contributed by atoms with Gasteiger partial charge in [-0.2, -0.15) is 0 Å². The van der Waals surface area contributed by atoms with Gasteiger partial charge in [0.25, 0.3) is 0 Å². The number of aliphatic hydroxyl groups excluding tert-OH is 1. The second-order valence-corrected chi connectivity index (χ2v) is 49.2. The average molecular weight is 2020 g/mol. The molecule has 0 fully saturated rings. The predicted octanol–water partition coefficient (Wildman–Crippen LogP) is 28.0. The van der Waals surface area contributed by atoms with E-state index < -0.39 is 56.7 Å². The van der Waals surface area contributed by atoms with Crippen molar-refractivity contribution in [1.29, 1.82) is 0 Å². The van der Waals surface area contributed by atoms with Crippen LogP contribution in [-0.4, -0.2) is 141 Å². The van der Waals surface area contributed by atoms with E-state index in [2.05, 4.69) is 270 Å². The van der Waals surface area contributed by atoms with Crippen LogP contribution in [0.5, 0.6) is 0 Å². The van der Waals surface area contributed by atoms with Crippen molar-refractivity contribution in [3.05, 3.63) is 239 Å². The van der Waals surface area contributed by atoms with Crippen LogP contribution in [0.15, 0.2) is 195 Å². The van der Waals surface area contributed by atoms with Gasteiger partial charge in [0.05, 0.1) is 29.0 Å². The fourth-order valence-corrected chi connectivity index (χ4v) is 22.2. The average Bonchev–Trinajstić information content (AvgIpc) is 0.717. The molecule has 0 aliphatic carbocycles. The number of carbonyl (C=O) groups excluding carboxylic acids is 5. The molecule has 0 saturated carbocycles. The molecule has 0 radical (unpaired) electrons. The van der Waals surface area contributed by atoms with Crippen molar-refractivity contribution in [1.82, 2.24) is 16.0 Å². The second kappa shape index (κ2) is 70.8. The summed E-state index contributed by atoms with van der Waals surface area (Å²) < 4.78 is 20.1. The third-order valence-corrected chi connectivity index (χ3v) is 31.5. The summed E-state index contributed by atoms with van der Waals surface area (Å²) in [6.07, 6.45) is 23.0. The maximum absolute atomic E-state index is 12.4. The molecule has 3 amide bonds. The monoisotopic (exact) mass is 2020 g/mol. The van der Waals surface area contributed by atoms with Crippen molar-refractivity contribution in [2.75, 3.05) is 46.1 Å². The topological polar surface area (TPSA) is 286 Å². The first-order valence-corrected chi connectivity index (χ1v) is 55.0. The van der Waals surface area contributed by atoms with Gasteiger partial charge in [-0.25, -0.2) is 14.4 Å². The smallest absolute Gasteiger partial charge is 0.147 e. The van der Waals surface area contributed by atoms with Crippen molar-refractivity contribution in [2.45, 2.75) is 398 Å². The molecule has 21 heteroatoms. The Kier molecular flexibility index (Phi) is 68.9. The second-order valence-electron chi connectivity index (χ2n) is 39.4. The van der Waals surface area contributed by atoms with E-state index in [0.717, 1.165) is 184 Å². The minimum absolute atomic E-state index is 0. The SMILES string of the molecule is C.C.C=C(CCNC(=O)OC(C)(C)C)c1cccc(CCC(O)(CCC)CCC)c1.CCCC(O)(CCC)CCc1cccc(C(=O)CCNC(=O)OC(C)(C)C)c1.CCCC(O)(CCC)CCc1cccc(C(C)CCN)c1.CCCC(O)(CCC)CCc1cccc(C(C)CCNC(=O)OC(C)(C)C)c1.CCO.CCOC(C)=O.CP(Br)(c1ccccc1)(c1ccccc1)c1ccccc1.Cl. The summed E-state index contributed by atoms with van der Waals surface area (Å²) in [4.78, 5) is 57.4. The number of rotatable bonds is 47. The van der Waals surface area contributed by atoms with Gasteiger partial charge in [0.15, 0.2) is 5.78 Å². The zero-order valence-electron chi connectivity index (χ0n) is 88.0. The summed E-state index contributed by atoms with van der Waals surface area (Å²) in [6.45, 7) is 52.1. The number of amides is 3. The summed E-state index contributed by atoms with van der Waals surface area (Å²) in [5.41, 5.74) is 12.1. The van der Waals surface area contributed by atoms with Gasteiger partial charge >= 0.3 is 159 Å². The number of aryl methyl sites for hydroxylation is 4. The van der Waals surface area contributed by atoms with Gasteiger partial charge in [-0.3, -0.25) is 9.59 Å². The fourth-order valence-electron chi connectivity index (χ4n) is 16.5. The molecule has 0 spiro atoms. The van der Waals surface area contributed by atoms with Gasteiger partial charge in [-0.15, -0.1) is 12.4 Å². The van der Waals surface area contributed by atoms with E-state index >= 15 is 0 Å². The fraction of sp³-hybridized carbons (Fsp3) is 0.581. The number of aliphatic hydroxyl groups is 5. The zero-order valence-corrected chi connectivity index (χ0v) is 91.3. The molecule has 10 N–H and O–H groups in total. The Morgan fingerprint density at radius 1 is 0.399 bits per heavy atom. The number of ether oxygens (including phenoxy) is 4. The molecule has 0 aliphatic heterocycles. The summed E-state index contributed by atoms with van der Waals surface area (Å²) >= 11 is 4.24. The minimum Gasteiger partial charge on any atom is -0.147 e. The Bertz CT molecular complexity index is 4180. The molecule has 18 nitrogen and oxygen atoms in total. The Hall–Kier alpha value is -7.81. The maximum atomic E-state index is 12.4. The zero-order chi connectivity index (χ0) is 102. The van der Waals surface area contributed by atoms with Crippen LogP contribution in [-0.2, 0) is 49.4 Å². The summed E-state index contributed by atoms with van der Waals surface area (Å²) in [7, 11) is 0. The van der Waals surface area contributed by atoms with Crippen LogP contribution < -0.4 is 37.6 Å². The number of ketones is 1. The first kappa shape index (κ1) is 134. The van der Waals surface area contributed by atoms with Gasteiger partial charge in [0, 0.05) is 45.1 Å². The van der Waals surface area contributed by atoms with Gasteiger partial charge in [0.1, 0.15) is 16.8 Å². The van der Waals surface area contributed by atoms with Crippen molar-refractivity contribution in [2.24, 2.45) is 5.73 Å². The predicted molar refractivity (Wildman–Crippen MR) is 594 cm³/mol. The van der Waals surface area contributed by atoms with Crippen LogP contribution in [0.25, 0.3) is 5.57 Å². The third-order valence-electron chi connectivity index (χ3n) is 23.3. The van der Waals surface area contributed by atoms with Gasteiger partial charge in [-0.1, -0.05) is 233 Å². The van der Waals surface area contributed by atoms with E-state index in [4.69, 9.17) is 25.1 Å².